The Morgan fingerprint density at radius 2 is 1.74 bits per heavy atom. The van der Waals surface area contributed by atoms with Gasteiger partial charge in [0.05, 0.1) is 19.6 Å². The molecular formula is C18H20O5. The summed E-state index contributed by atoms with van der Waals surface area (Å²) in [5.41, 5.74) is 0.830. The van der Waals surface area contributed by atoms with E-state index in [1.54, 1.807) is 21.0 Å². The topological polar surface area (TPSA) is 61.8 Å². The number of ether oxygens (including phenoxy) is 3. The van der Waals surface area contributed by atoms with Crippen LogP contribution in [0.1, 0.15) is 25.3 Å². The van der Waals surface area contributed by atoms with Gasteiger partial charge in [-0.2, -0.15) is 0 Å². The maximum atomic E-state index is 12.0. The lowest BCUT2D eigenvalue weighted by atomic mass is 9.98. The van der Waals surface area contributed by atoms with E-state index < -0.39 is 17.9 Å². The number of benzene rings is 2. The van der Waals surface area contributed by atoms with Gasteiger partial charge in [-0.05, 0) is 42.3 Å². The van der Waals surface area contributed by atoms with Crippen molar-refractivity contribution in [3.05, 3.63) is 42.0 Å². The number of carbonyl (C=O) groups is 2. The molecule has 23 heavy (non-hydrogen) atoms. The molecular weight excluding hydrogens is 296 g/mol. The number of methoxy groups -OCH3 is 1. The molecule has 0 aliphatic heterocycles. The lowest BCUT2D eigenvalue weighted by Crippen LogP contribution is -2.19. The van der Waals surface area contributed by atoms with Crippen molar-refractivity contribution < 1.29 is 23.8 Å². The Hall–Kier alpha value is -2.56. The maximum Gasteiger partial charge on any atom is 0.344 e. The first-order valence-electron chi connectivity index (χ1n) is 7.45. The van der Waals surface area contributed by atoms with Gasteiger partial charge < -0.3 is 14.2 Å². The standard InChI is InChI=1S/C18H20O5/c1-4-22-17(19)11-23-18(20)12(2)13-5-6-15-10-16(21-3)8-7-14(15)9-13/h5-10,12H,4,11H2,1-3H3. The molecule has 0 aromatic heterocycles. The van der Waals surface area contributed by atoms with Crippen molar-refractivity contribution in [1.29, 1.82) is 0 Å². The van der Waals surface area contributed by atoms with Crippen LogP contribution in [0.2, 0.25) is 0 Å². The second-order valence-corrected chi connectivity index (χ2v) is 5.11. The van der Waals surface area contributed by atoms with Crippen LogP contribution < -0.4 is 4.74 Å². The molecule has 0 amide bonds. The highest BCUT2D eigenvalue weighted by Gasteiger charge is 2.18. The van der Waals surface area contributed by atoms with Gasteiger partial charge in [0.1, 0.15) is 5.75 Å². The molecule has 0 heterocycles. The highest BCUT2D eigenvalue weighted by atomic mass is 16.6. The van der Waals surface area contributed by atoms with Crippen LogP contribution in [0.15, 0.2) is 36.4 Å². The van der Waals surface area contributed by atoms with Crippen molar-refractivity contribution in [3.8, 4) is 5.75 Å². The normalized spacial score (nSPS) is 11.8. The van der Waals surface area contributed by atoms with Gasteiger partial charge in [-0.3, -0.25) is 4.79 Å². The second-order valence-electron chi connectivity index (χ2n) is 5.11. The van der Waals surface area contributed by atoms with E-state index in [0.29, 0.717) is 0 Å². The van der Waals surface area contributed by atoms with Crippen LogP contribution in [0, 0.1) is 0 Å². The molecule has 2 rings (SSSR count). The molecule has 0 bridgehead atoms. The lowest BCUT2D eigenvalue weighted by Gasteiger charge is -2.12. The first-order valence-corrected chi connectivity index (χ1v) is 7.45. The molecule has 0 aliphatic rings. The highest BCUT2D eigenvalue weighted by Crippen LogP contribution is 2.25. The van der Waals surface area contributed by atoms with Gasteiger partial charge in [-0.25, -0.2) is 4.79 Å². The van der Waals surface area contributed by atoms with E-state index in [1.165, 1.54) is 0 Å². The van der Waals surface area contributed by atoms with E-state index >= 15 is 0 Å². The molecule has 0 radical (unpaired) electrons. The van der Waals surface area contributed by atoms with Crippen LogP contribution in [-0.4, -0.2) is 32.3 Å². The van der Waals surface area contributed by atoms with Crippen molar-refractivity contribution in [2.75, 3.05) is 20.3 Å². The Morgan fingerprint density at radius 3 is 2.43 bits per heavy atom. The Kier molecular flexibility index (Phi) is 5.57. The van der Waals surface area contributed by atoms with E-state index in [4.69, 9.17) is 14.2 Å². The zero-order chi connectivity index (χ0) is 16.8. The number of fused-ring (bicyclic) bond motifs is 1. The number of hydrogen-bond donors (Lipinski definition) is 0. The van der Waals surface area contributed by atoms with Gasteiger partial charge in [0.25, 0.3) is 0 Å². The summed E-state index contributed by atoms with van der Waals surface area (Å²) in [5.74, 6) is -0.673. The predicted octanol–water partition coefficient (Wildman–Crippen LogP) is 3.06. The monoisotopic (exact) mass is 316 g/mol. The van der Waals surface area contributed by atoms with Crippen LogP contribution in [0.4, 0.5) is 0 Å². The summed E-state index contributed by atoms with van der Waals surface area (Å²) in [7, 11) is 1.62. The molecule has 0 spiro atoms. The summed E-state index contributed by atoms with van der Waals surface area (Å²) >= 11 is 0. The van der Waals surface area contributed by atoms with Gasteiger partial charge in [0.2, 0.25) is 0 Å². The summed E-state index contributed by atoms with van der Waals surface area (Å²) in [6.45, 7) is 3.35. The van der Waals surface area contributed by atoms with E-state index in [9.17, 15) is 9.59 Å². The third-order valence-electron chi connectivity index (χ3n) is 3.56. The van der Waals surface area contributed by atoms with Gasteiger partial charge in [0.15, 0.2) is 6.61 Å². The van der Waals surface area contributed by atoms with Gasteiger partial charge >= 0.3 is 11.9 Å². The van der Waals surface area contributed by atoms with E-state index in [-0.39, 0.29) is 13.2 Å². The van der Waals surface area contributed by atoms with Crippen LogP contribution in [0.5, 0.6) is 5.75 Å². The van der Waals surface area contributed by atoms with E-state index in [2.05, 4.69) is 0 Å². The Bertz CT molecular complexity index is 708. The van der Waals surface area contributed by atoms with Crippen molar-refractivity contribution >= 4 is 22.7 Å². The van der Waals surface area contributed by atoms with Crippen LogP contribution in [0.25, 0.3) is 10.8 Å². The molecule has 0 saturated carbocycles. The third-order valence-corrected chi connectivity index (χ3v) is 3.56. The highest BCUT2D eigenvalue weighted by molar-refractivity contribution is 5.87. The first-order chi connectivity index (χ1) is 11.0. The minimum absolute atomic E-state index is 0.264. The SMILES string of the molecule is CCOC(=O)COC(=O)C(C)c1ccc2cc(OC)ccc2c1. The van der Waals surface area contributed by atoms with E-state index in [1.807, 2.05) is 36.4 Å². The summed E-state index contributed by atoms with van der Waals surface area (Å²) in [5, 5.41) is 2.04. The number of esters is 2. The molecule has 5 heteroatoms. The molecule has 2 aromatic rings. The minimum Gasteiger partial charge on any atom is -0.497 e. The van der Waals surface area contributed by atoms with Crippen LogP contribution >= 0.6 is 0 Å². The molecule has 5 nitrogen and oxygen atoms in total. The largest absolute Gasteiger partial charge is 0.497 e. The zero-order valence-corrected chi connectivity index (χ0v) is 13.5. The second kappa shape index (κ2) is 7.63. The van der Waals surface area contributed by atoms with Gasteiger partial charge in [-0.1, -0.05) is 24.3 Å². The number of rotatable bonds is 6. The molecule has 0 N–H and O–H groups in total. The fourth-order valence-electron chi connectivity index (χ4n) is 2.23. The van der Waals surface area contributed by atoms with Crippen molar-refractivity contribution in [2.24, 2.45) is 0 Å². The third kappa shape index (κ3) is 4.22. The van der Waals surface area contributed by atoms with Crippen molar-refractivity contribution in [1.82, 2.24) is 0 Å². The predicted molar refractivity (Wildman–Crippen MR) is 86.5 cm³/mol. The molecule has 1 unspecified atom stereocenters. The molecule has 2 aromatic carbocycles. The molecule has 0 aliphatic carbocycles. The fourth-order valence-corrected chi connectivity index (χ4v) is 2.23. The van der Waals surface area contributed by atoms with Crippen LogP contribution in [0.3, 0.4) is 0 Å². The number of hydrogen-bond acceptors (Lipinski definition) is 5. The van der Waals surface area contributed by atoms with Gasteiger partial charge in [-0.15, -0.1) is 0 Å². The maximum absolute atomic E-state index is 12.0. The Balaban J connectivity index is 2.09. The first kappa shape index (κ1) is 16.8. The molecule has 0 saturated heterocycles. The average Bonchev–Trinajstić information content (AvgIpc) is 2.58. The van der Waals surface area contributed by atoms with E-state index in [0.717, 1.165) is 22.1 Å². The average molecular weight is 316 g/mol. The summed E-state index contributed by atoms with van der Waals surface area (Å²) < 4.78 is 14.9. The Labute approximate surface area is 135 Å². The molecule has 1 atom stereocenters. The van der Waals surface area contributed by atoms with Gasteiger partial charge in [0, 0.05) is 0 Å². The summed E-state index contributed by atoms with van der Waals surface area (Å²) in [6.07, 6.45) is 0. The summed E-state index contributed by atoms with van der Waals surface area (Å²) in [4.78, 5) is 23.3. The summed E-state index contributed by atoms with van der Waals surface area (Å²) in [6, 6.07) is 11.5. The fraction of sp³-hybridized carbons (Fsp3) is 0.333. The van der Waals surface area contributed by atoms with Crippen molar-refractivity contribution in [3.63, 3.8) is 0 Å². The lowest BCUT2D eigenvalue weighted by molar-refractivity contribution is -0.159. The molecule has 122 valence electrons. The Morgan fingerprint density at radius 1 is 1.04 bits per heavy atom. The quantitative estimate of drug-likeness (QED) is 0.767. The minimum atomic E-state index is -0.543. The molecule has 0 fully saturated rings. The van der Waals surface area contributed by atoms with Crippen LogP contribution in [-0.2, 0) is 19.1 Å². The smallest absolute Gasteiger partial charge is 0.344 e. The zero-order valence-electron chi connectivity index (χ0n) is 13.5. The van der Waals surface area contributed by atoms with Crippen molar-refractivity contribution in [2.45, 2.75) is 19.8 Å². The number of carbonyl (C=O) groups excluding carboxylic acids is 2.